The number of hydrogen-bond donors (Lipinski definition) is 1. The van der Waals surface area contributed by atoms with Gasteiger partial charge in [0.2, 0.25) is 15.9 Å². The maximum atomic E-state index is 12.9. The summed E-state index contributed by atoms with van der Waals surface area (Å²) in [4.78, 5) is 15.6. The summed E-state index contributed by atoms with van der Waals surface area (Å²) in [6.07, 6.45) is 4.99. The predicted molar refractivity (Wildman–Crippen MR) is 130 cm³/mol. The van der Waals surface area contributed by atoms with Crippen LogP contribution in [0, 0.1) is 12.8 Å². The lowest BCUT2D eigenvalue weighted by molar-refractivity contribution is -0.126. The summed E-state index contributed by atoms with van der Waals surface area (Å²) in [6.45, 7) is 6.49. The first-order chi connectivity index (χ1) is 15.9. The molecule has 1 N–H and O–H groups in total. The van der Waals surface area contributed by atoms with Gasteiger partial charge in [0.05, 0.1) is 4.90 Å². The van der Waals surface area contributed by atoms with Crippen LogP contribution in [0.5, 0.6) is 0 Å². The molecule has 0 radical (unpaired) electrons. The monoisotopic (exact) mass is 469 g/mol. The van der Waals surface area contributed by atoms with Crippen molar-refractivity contribution in [3.8, 4) is 0 Å². The first kappa shape index (κ1) is 23.9. The van der Waals surface area contributed by atoms with Crippen LogP contribution >= 0.6 is 0 Å². The lowest BCUT2D eigenvalue weighted by Crippen LogP contribution is -2.42. The van der Waals surface area contributed by atoms with Crippen LogP contribution in [0.15, 0.2) is 53.4 Å². The summed E-state index contributed by atoms with van der Waals surface area (Å²) in [5, 5.41) is 3.07. The number of aryl methyl sites for hydroxylation is 1. The average molecular weight is 470 g/mol. The van der Waals surface area contributed by atoms with Crippen LogP contribution in [-0.2, 0) is 27.9 Å². The fourth-order valence-corrected chi connectivity index (χ4v) is 6.23. The summed E-state index contributed by atoms with van der Waals surface area (Å²) in [7, 11) is -3.50. The Kier molecular flexibility index (Phi) is 7.83. The quantitative estimate of drug-likeness (QED) is 0.671. The topological polar surface area (TPSA) is 69.7 Å². The van der Waals surface area contributed by atoms with Crippen molar-refractivity contribution in [2.75, 3.05) is 26.2 Å². The van der Waals surface area contributed by atoms with E-state index in [0.29, 0.717) is 37.4 Å². The van der Waals surface area contributed by atoms with Crippen LogP contribution in [-0.4, -0.2) is 49.7 Å². The van der Waals surface area contributed by atoms with E-state index in [4.69, 9.17) is 0 Å². The maximum absolute atomic E-state index is 12.9. The van der Waals surface area contributed by atoms with Crippen LogP contribution < -0.4 is 5.32 Å². The van der Waals surface area contributed by atoms with Gasteiger partial charge >= 0.3 is 0 Å². The minimum absolute atomic E-state index is 0.0174. The third-order valence-corrected chi connectivity index (χ3v) is 8.71. The third-order valence-electron chi connectivity index (χ3n) is 6.80. The Bertz CT molecular complexity index is 1040. The number of hydrogen-bond acceptors (Lipinski definition) is 4. The number of carbonyl (C=O) groups excluding carboxylic acids is 1. The smallest absolute Gasteiger partial charge is 0.243 e. The molecule has 2 aromatic rings. The predicted octanol–water partition coefficient (Wildman–Crippen LogP) is 3.70. The van der Waals surface area contributed by atoms with Crippen molar-refractivity contribution < 1.29 is 13.2 Å². The Labute approximate surface area is 198 Å². The highest BCUT2D eigenvalue weighted by Gasteiger charge is 2.32. The number of nitrogens with one attached hydrogen (secondary N) is 1. The number of piperidine rings is 2. The van der Waals surface area contributed by atoms with Gasteiger partial charge in [-0.3, -0.25) is 9.69 Å². The van der Waals surface area contributed by atoms with Gasteiger partial charge in [0.15, 0.2) is 0 Å². The Morgan fingerprint density at radius 1 is 0.939 bits per heavy atom. The van der Waals surface area contributed by atoms with Crippen molar-refractivity contribution >= 4 is 15.9 Å². The maximum Gasteiger partial charge on any atom is 0.243 e. The van der Waals surface area contributed by atoms with E-state index < -0.39 is 10.0 Å². The van der Waals surface area contributed by atoms with Gasteiger partial charge in [-0.1, -0.05) is 48.4 Å². The SMILES string of the molecule is Cc1ccc(S(=O)(=O)N2CCC(C(=O)NCc3cccc(CN4CCCCC4)c3)CC2)cc1. The van der Waals surface area contributed by atoms with Crippen LogP contribution in [0.4, 0.5) is 0 Å². The van der Waals surface area contributed by atoms with Crippen molar-refractivity contribution in [2.24, 2.45) is 5.92 Å². The second-order valence-electron chi connectivity index (χ2n) is 9.37. The molecule has 2 saturated heterocycles. The Balaban J connectivity index is 1.26. The zero-order valence-electron chi connectivity index (χ0n) is 19.5. The highest BCUT2D eigenvalue weighted by molar-refractivity contribution is 7.89. The zero-order chi connectivity index (χ0) is 23.3. The van der Waals surface area contributed by atoms with Crippen LogP contribution in [0.2, 0.25) is 0 Å². The number of likely N-dealkylation sites (tertiary alicyclic amines) is 1. The molecule has 0 atom stereocenters. The lowest BCUT2D eigenvalue weighted by Gasteiger charge is -2.30. The number of sulfonamides is 1. The van der Waals surface area contributed by atoms with E-state index in [9.17, 15) is 13.2 Å². The summed E-state index contributed by atoms with van der Waals surface area (Å²) >= 11 is 0. The van der Waals surface area contributed by atoms with Crippen molar-refractivity contribution in [1.82, 2.24) is 14.5 Å². The minimum Gasteiger partial charge on any atom is -0.352 e. The van der Waals surface area contributed by atoms with Gasteiger partial charge in [-0.15, -0.1) is 0 Å². The number of amides is 1. The van der Waals surface area contributed by atoms with Crippen LogP contribution in [0.1, 0.15) is 48.8 Å². The van der Waals surface area contributed by atoms with E-state index in [1.807, 2.05) is 19.1 Å². The molecule has 2 aliphatic rings. The molecule has 2 heterocycles. The Morgan fingerprint density at radius 2 is 1.61 bits per heavy atom. The summed E-state index contributed by atoms with van der Waals surface area (Å²) in [6, 6.07) is 15.4. The first-order valence-electron chi connectivity index (χ1n) is 12.1. The van der Waals surface area contributed by atoms with E-state index in [-0.39, 0.29) is 11.8 Å². The molecule has 33 heavy (non-hydrogen) atoms. The van der Waals surface area contributed by atoms with Crippen molar-refractivity contribution in [2.45, 2.75) is 57.0 Å². The summed E-state index contributed by atoms with van der Waals surface area (Å²) in [5.41, 5.74) is 3.43. The van der Waals surface area contributed by atoms with E-state index in [2.05, 4.69) is 34.5 Å². The van der Waals surface area contributed by atoms with Crippen molar-refractivity contribution in [1.29, 1.82) is 0 Å². The molecule has 1 amide bonds. The third kappa shape index (κ3) is 6.22. The molecule has 0 aliphatic carbocycles. The van der Waals surface area contributed by atoms with Gasteiger partial charge in [0.25, 0.3) is 0 Å². The molecule has 0 saturated carbocycles. The molecule has 7 heteroatoms. The molecule has 2 aromatic carbocycles. The second-order valence-corrected chi connectivity index (χ2v) is 11.3. The molecular weight excluding hydrogens is 434 g/mol. The van der Waals surface area contributed by atoms with Gasteiger partial charge in [0, 0.05) is 32.1 Å². The molecule has 2 aliphatic heterocycles. The zero-order valence-corrected chi connectivity index (χ0v) is 20.3. The average Bonchev–Trinajstić information content (AvgIpc) is 2.84. The number of carbonyl (C=O) groups is 1. The molecule has 0 spiro atoms. The summed E-state index contributed by atoms with van der Waals surface area (Å²) in [5.74, 6) is -0.130. The molecule has 178 valence electrons. The molecular formula is C26H35N3O3S. The fraction of sp³-hybridized carbons (Fsp3) is 0.500. The van der Waals surface area contributed by atoms with Gasteiger partial charge in [-0.05, 0) is 69.0 Å². The van der Waals surface area contributed by atoms with Gasteiger partial charge in [-0.25, -0.2) is 8.42 Å². The first-order valence-corrected chi connectivity index (χ1v) is 13.5. The summed E-state index contributed by atoms with van der Waals surface area (Å²) < 4.78 is 27.3. The standard InChI is InChI=1S/C26H35N3O3S/c1-21-8-10-25(11-9-21)33(31,32)29-16-12-24(13-17-29)26(30)27-19-22-6-5-7-23(18-22)20-28-14-3-2-4-15-28/h5-11,18,24H,2-4,12-17,19-20H2,1H3,(H,27,30). The van der Waals surface area contributed by atoms with E-state index in [0.717, 1.165) is 17.7 Å². The number of benzene rings is 2. The highest BCUT2D eigenvalue weighted by Crippen LogP contribution is 2.24. The van der Waals surface area contributed by atoms with Crippen LogP contribution in [0.25, 0.3) is 0 Å². The van der Waals surface area contributed by atoms with Crippen molar-refractivity contribution in [3.05, 3.63) is 65.2 Å². The highest BCUT2D eigenvalue weighted by atomic mass is 32.2. The fourth-order valence-electron chi connectivity index (χ4n) is 4.76. The van der Waals surface area contributed by atoms with Gasteiger partial charge in [0.1, 0.15) is 0 Å². The normalized spacial score (nSPS) is 18.8. The minimum atomic E-state index is -3.50. The molecule has 6 nitrogen and oxygen atoms in total. The van der Waals surface area contributed by atoms with Gasteiger partial charge < -0.3 is 5.32 Å². The second kappa shape index (κ2) is 10.8. The van der Waals surface area contributed by atoms with Crippen LogP contribution in [0.3, 0.4) is 0 Å². The Morgan fingerprint density at radius 3 is 2.30 bits per heavy atom. The van der Waals surface area contributed by atoms with E-state index in [1.165, 1.54) is 42.2 Å². The molecule has 0 aromatic heterocycles. The van der Waals surface area contributed by atoms with E-state index >= 15 is 0 Å². The van der Waals surface area contributed by atoms with Gasteiger partial charge in [-0.2, -0.15) is 4.31 Å². The molecule has 2 fully saturated rings. The lowest BCUT2D eigenvalue weighted by atomic mass is 9.97. The largest absolute Gasteiger partial charge is 0.352 e. The van der Waals surface area contributed by atoms with Crippen molar-refractivity contribution in [3.63, 3.8) is 0 Å². The number of nitrogens with zero attached hydrogens (tertiary/aromatic N) is 2. The molecule has 0 unspecified atom stereocenters. The molecule has 4 rings (SSSR count). The Hall–Kier alpha value is -2.22. The number of rotatable bonds is 7. The molecule has 0 bridgehead atoms. The van der Waals surface area contributed by atoms with E-state index in [1.54, 1.807) is 12.1 Å².